The highest BCUT2D eigenvalue weighted by atomic mass is 32.2. The van der Waals surface area contributed by atoms with Gasteiger partial charge in [-0.05, 0) is 32.2 Å². The van der Waals surface area contributed by atoms with Gasteiger partial charge in [-0.15, -0.1) is 11.3 Å². The van der Waals surface area contributed by atoms with Crippen molar-refractivity contribution < 1.29 is 4.21 Å². The minimum absolute atomic E-state index is 0.00921. The van der Waals surface area contributed by atoms with Crippen LogP contribution in [0.4, 0.5) is 0 Å². The van der Waals surface area contributed by atoms with Crippen molar-refractivity contribution in [2.45, 2.75) is 31.6 Å². The zero-order valence-electron chi connectivity index (χ0n) is 9.32. The van der Waals surface area contributed by atoms with Crippen LogP contribution in [0, 0.1) is 0 Å². The first-order chi connectivity index (χ1) is 6.95. The molecule has 0 aromatic carbocycles. The van der Waals surface area contributed by atoms with Crippen molar-refractivity contribution in [2.24, 2.45) is 5.73 Å². The van der Waals surface area contributed by atoms with E-state index in [1.807, 2.05) is 38.3 Å². The van der Waals surface area contributed by atoms with Crippen molar-refractivity contribution in [3.63, 3.8) is 0 Å². The van der Waals surface area contributed by atoms with Gasteiger partial charge in [0.25, 0.3) is 0 Å². The molecule has 0 aliphatic heterocycles. The van der Waals surface area contributed by atoms with Crippen molar-refractivity contribution in [1.29, 1.82) is 0 Å². The van der Waals surface area contributed by atoms with Crippen LogP contribution in [0.3, 0.4) is 0 Å². The van der Waals surface area contributed by atoms with Crippen molar-refractivity contribution >= 4 is 22.3 Å². The highest BCUT2D eigenvalue weighted by Gasteiger charge is 2.23. The number of nitrogens with two attached hydrogens (primary N) is 1. The van der Waals surface area contributed by atoms with Crippen LogP contribution in [0.2, 0.25) is 0 Å². The number of hydrogen-bond donors (Lipinski definition) is 2. The number of hydrogen-bond acceptors (Lipinski definition) is 3. The summed E-state index contributed by atoms with van der Waals surface area (Å²) < 4.78 is 14.7. The zero-order valence-corrected chi connectivity index (χ0v) is 11.0. The number of rotatable bonds is 4. The van der Waals surface area contributed by atoms with E-state index in [2.05, 4.69) is 4.72 Å². The minimum atomic E-state index is -1.08. The maximum Gasteiger partial charge on any atom is 0.0976 e. The van der Waals surface area contributed by atoms with Gasteiger partial charge in [0.15, 0.2) is 0 Å². The first kappa shape index (κ1) is 12.8. The predicted octanol–water partition coefficient (Wildman–Crippen LogP) is 1.80. The van der Waals surface area contributed by atoms with Crippen molar-refractivity contribution in [3.05, 3.63) is 22.4 Å². The van der Waals surface area contributed by atoms with Crippen LogP contribution in [0.5, 0.6) is 0 Å². The van der Waals surface area contributed by atoms with Gasteiger partial charge in [-0.1, -0.05) is 6.07 Å². The largest absolute Gasteiger partial charge is 0.329 e. The van der Waals surface area contributed by atoms with E-state index < -0.39 is 11.0 Å². The van der Waals surface area contributed by atoms with Crippen LogP contribution < -0.4 is 10.5 Å². The maximum atomic E-state index is 11.9. The van der Waals surface area contributed by atoms with Gasteiger partial charge in [0.2, 0.25) is 0 Å². The Kier molecular flexibility index (Phi) is 4.45. The minimum Gasteiger partial charge on any atom is -0.329 e. The Hall–Kier alpha value is -0.230. The fourth-order valence-electron chi connectivity index (χ4n) is 1.02. The van der Waals surface area contributed by atoms with Gasteiger partial charge in [0.1, 0.15) is 0 Å². The fraction of sp³-hybridized carbons (Fsp3) is 0.600. The highest BCUT2D eigenvalue weighted by Crippen LogP contribution is 2.20. The van der Waals surface area contributed by atoms with E-state index in [0.29, 0.717) is 6.54 Å². The summed E-state index contributed by atoms with van der Waals surface area (Å²) in [6.45, 7) is 6.29. The second kappa shape index (κ2) is 5.21. The molecule has 0 fully saturated rings. The Balaban J connectivity index is 2.67. The molecular weight excluding hydrogens is 228 g/mol. The molecule has 0 saturated heterocycles. The lowest BCUT2D eigenvalue weighted by Gasteiger charge is -2.22. The molecule has 0 amide bonds. The summed E-state index contributed by atoms with van der Waals surface area (Å²) in [6, 6.07) is 3.98. The molecule has 15 heavy (non-hydrogen) atoms. The second-order valence-corrected chi connectivity index (χ2v) is 7.28. The van der Waals surface area contributed by atoms with Gasteiger partial charge in [0, 0.05) is 11.4 Å². The third kappa shape index (κ3) is 3.68. The summed E-state index contributed by atoms with van der Waals surface area (Å²) in [5.74, 6) is 0. The van der Waals surface area contributed by atoms with Gasteiger partial charge >= 0.3 is 0 Å². The standard InChI is InChI=1S/C10H18N2OS2/c1-10(2,3)15(13)12-8(7-11)9-5-4-6-14-9/h4-6,8,12H,7,11H2,1-3H3/t8-,15?/m1/s1. The van der Waals surface area contributed by atoms with Crippen LogP contribution in [0.15, 0.2) is 17.5 Å². The van der Waals surface area contributed by atoms with Gasteiger partial charge < -0.3 is 5.73 Å². The van der Waals surface area contributed by atoms with Crippen LogP contribution in [-0.2, 0) is 11.0 Å². The topological polar surface area (TPSA) is 55.1 Å². The molecule has 0 aliphatic carbocycles. The average molecular weight is 246 g/mol. The Morgan fingerprint density at radius 3 is 2.67 bits per heavy atom. The molecule has 1 rings (SSSR count). The zero-order chi connectivity index (χ0) is 11.5. The molecule has 0 saturated carbocycles. The summed E-state index contributed by atoms with van der Waals surface area (Å²) in [6.07, 6.45) is 0. The van der Waals surface area contributed by atoms with Crippen LogP contribution in [-0.4, -0.2) is 15.5 Å². The SMILES string of the molecule is CC(C)(C)S(=O)N[C@H](CN)c1cccs1. The van der Waals surface area contributed by atoms with Crippen molar-refractivity contribution in [3.8, 4) is 0 Å². The quantitative estimate of drug-likeness (QED) is 0.851. The maximum absolute atomic E-state index is 11.9. The summed E-state index contributed by atoms with van der Waals surface area (Å²) in [7, 11) is -1.08. The molecule has 2 atom stereocenters. The summed E-state index contributed by atoms with van der Waals surface area (Å²) in [5, 5.41) is 2.00. The van der Waals surface area contributed by atoms with Crippen molar-refractivity contribution in [1.82, 2.24) is 4.72 Å². The molecule has 1 unspecified atom stereocenters. The Morgan fingerprint density at radius 2 is 2.27 bits per heavy atom. The lowest BCUT2D eigenvalue weighted by Crippen LogP contribution is -2.38. The Labute approximate surface area is 97.7 Å². The Morgan fingerprint density at radius 1 is 1.60 bits per heavy atom. The first-order valence-corrected chi connectivity index (χ1v) is 6.89. The average Bonchev–Trinajstić information content (AvgIpc) is 2.64. The normalized spacial score (nSPS) is 16.3. The monoisotopic (exact) mass is 246 g/mol. The third-order valence-electron chi connectivity index (χ3n) is 1.93. The fourth-order valence-corrected chi connectivity index (χ4v) is 2.72. The van der Waals surface area contributed by atoms with Gasteiger partial charge in [-0.3, -0.25) is 0 Å². The molecule has 1 heterocycles. The van der Waals surface area contributed by atoms with Crippen molar-refractivity contribution in [2.75, 3.05) is 6.54 Å². The van der Waals surface area contributed by atoms with Crippen LogP contribution in [0.25, 0.3) is 0 Å². The van der Waals surface area contributed by atoms with Crippen LogP contribution in [0.1, 0.15) is 31.7 Å². The molecule has 3 N–H and O–H groups in total. The third-order valence-corrected chi connectivity index (χ3v) is 4.52. The molecule has 1 aromatic heterocycles. The molecule has 5 heteroatoms. The molecular formula is C10H18N2OS2. The molecule has 0 bridgehead atoms. The summed E-state index contributed by atoms with van der Waals surface area (Å²) in [5.41, 5.74) is 5.67. The molecule has 0 aliphatic rings. The molecule has 1 aromatic rings. The molecule has 0 radical (unpaired) electrons. The lowest BCUT2D eigenvalue weighted by molar-refractivity contribution is 0.606. The van der Waals surface area contributed by atoms with E-state index in [9.17, 15) is 4.21 Å². The number of thiophene rings is 1. The van der Waals surface area contributed by atoms with E-state index in [1.165, 1.54) is 0 Å². The van der Waals surface area contributed by atoms with E-state index in [-0.39, 0.29) is 10.8 Å². The van der Waals surface area contributed by atoms with E-state index >= 15 is 0 Å². The Bertz CT molecular complexity index is 317. The molecule has 3 nitrogen and oxygen atoms in total. The second-order valence-electron chi connectivity index (χ2n) is 4.30. The van der Waals surface area contributed by atoms with E-state index in [4.69, 9.17) is 5.73 Å². The summed E-state index contributed by atoms with van der Waals surface area (Å²) >= 11 is 1.63. The van der Waals surface area contributed by atoms with Gasteiger partial charge in [0.05, 0.1) is 21.8 Å². The van der Waals surface area contributed by atoms with Gasteiger partial charge in [-0.25, -0.2) is 8.93 Å². The molecule has 86 valence electrons. The lowest BCUT2D eigenvalue weighted by atomic mass is 10.2. The van der Waals surface area contributed by atoms with Gasteiger partial charge in [-0.2, -0.15) is 0 Å². The smallest absolute Gasteiger partial charge is 0.0976 e. The first-order valence-electron chi connectivity index (χ1n) is 4.86. The number of nitrogens with one attached hydrogen (secondary N) is 1. The van der Waals surface area contributed by atoms with Crippen LogP contribution >= 0.6 is 11.3 Å². The predicted molar refractivity (Wildman–Crippen MR) is 67.1 cm³/mol. The van der Waals surface area contributed by atoms with E-state index in [1.54, 1.807) is 11.3 Å². The highest BCUT2D eigenvalue weighted by molar-refractivity contribution is 7.84. The van der Waals surface area contributed by atoms with E-state index in [0.717, 1.165) is 4.88 Å². The molecule has 0 spiro atoms. The summed E-state index contributed by atoms with van der Waals surface area (Å²) in [4.78, 5) is 1.13.